The van der Waals surface area contributed by atoms with E-state index in [1.807, 2.05) is 0 Å². The molecule has 0 fully saturated rings. The first kappa shape index (κ1) is 23.8. The molecule has 11 nitrogen and oxygen atoms in total. The minimum Gasteiger partial charge on any atom is -0.368 e. The van der Waals surface area contributed by atoms with Crippen molar-refractivity contribution in [1.29, 1.82) is 0 Å². The number of hydrogen-bond donors (Lipinski definition) is 2. The molecule has 0 saturated carbocycles. The molecule has 0 unspecified atom stereocenters. The number of guanidine groups is 2. The van der Waals surface area contributed by atoms with E-state index in [1.54, 1.807) is 13.8 Å². The zero-order chi connectivity index (χ0) is 20.6. The van der Waals surface area contributed by atoms with Crippen molar-refractivity contribution in [1.82, 2.24) is 5.06 Å². The monoisotopic (exact) mass is 478 g/mol. The second-order valence-corrected chi connectivity index (χ2v) is 9.13. The van der Waals surface area contributed by atoms with Crippen LogP contribution in [0.1, 0.15) is 33.3 Å². The summed E-state index contributed by atoms with van der Waals surface area (Å²) in [6.45, 7) is 6.20. The molecule has 1 aliphatic heterocycles. The molecule has 1 aromatic carbocycles. The van der Waals surface area contributed by atoms with Gasteiger partial charge in [0, 0.05) is 6.07 Å². The van der Waals surface area contributed by atoms with Crippen LogP contribution < -0.4 is 11.5 Å². The number of hydroxylamine groups is 2. The van der Waals surface area contributed by atoms with Crippen LogP contribution in [-0.2, 0) is 21.3 Å². The van der Waals surface area contributed by atoms with E-state index < -0.39 is 31.4 Å². The number of rotatable bonds is 6. The fourth-order valence-electron chi connectivity index (χ4n) is 2.45. The van der Waals surface area contributed by atoms with Crippen LogP contribution >= 0.6 is 17.0 Å². The number of aliphatic imine (C=N–C) groups is 2. The van der Waals surface area contributed by atoms with E-state index in [0.29, 0.717) is 5.56 Å². The van der Waals surface area contributed by atoms with Crippen molar-refractivity contribution < 1.29 is 18.2 Å². The third kappa shape index (κ3) is 4.77. The molecule has 0 bridgehead atoms. The summed E-state index contributed by atoms with van der Waals surface area (Å²) in [6.07, 6.45) is 0. The van der Waals surface area contributed by atoms with Crippen molar-refractivity contribution in [3.05, 3.63) is 33.9 Å². The molecular weight excluding hydrogens is 456 g/mol. The van der Waals surface area contributed by atoms with Gasteiger partial charge in [-0.25, -0.2) is 13.4 Å². The maximum atomic E-state index is 12.3. The molecule has 4 N–H and O–H groups in total. The number of nitrogens with two attached hydrogens (primary N) is 2. The molecule has 28 heavy (non-hydrogen) atoms. The first-order valence-electron chi connectivity index (χ1n) is 8.00. The van der Waals surface area contributed by atoms with Gasteiger partial charge in [0.15, 0.2) is 15.5 Å². The van der Waals surface area contributed by atoms with Crippen LogP contribution in [0, 0.1) is 10.1 Å². The van der Waals surface area contributed by atoms with Gasteiger partial charge in [0.1, 0.15) is 11.5 Å². The highest BCUT2D eigenvalue weighted by atomic mass is 79.9. The van der Waals surface area contributed by atoms with Crippen molar-refractivity contribution in [3.8, 4) is 0 Å². The molecule has 0 atom stereocenters. The molecule has 1 aromatic rings. The van der Waals surface area contributed by atoms with Crippen molar-refractivity contribution in [2.45, 2.75) is 50.1 Å². The Balaban J connectivity index is 0.00000392. The van der Waals surface area contributed by atoms with E-state index in [4.69, 9.17) is 16.3 Å². The van der Waals surface area contributed by atoms with Gasteiger partial charge in [-0.15, -0.1) is 17.0 Å². The number of nitro benzene ring substituents is 1. The molecule has 0 amide bonds. The Kier molecular flexibility index (Phi) is 7.14. The lowest BCUT2D eigenvalue weighted by Crippen LogP contribution is -2.53. The van der Waals surface area contributed by atoms with Gasteiger partial charge in [-0.05, 0) is 39.3 Å². The van der Waals surface area contributed by atoms with Gasteiger partial charge in [-0.3, -0.25) is 15.0 Å². The van der Waals surface area contributed by atoms with E-state index in [-0.39, 0.29) is 40.4 Å². The summed E-state index contributed by atoms with van der Waals surface area (Å²) < 4.78 is 24.7. The maximum Gasteiger partial charge on any atom is 0.288 e. The van der Waals surface area contributed by atoms with E-state index in [9.17, 15) is 18.5 Å². The summed E-state index contributed by atoms with van der Waals surface area (Å²) >= 11 is 0. The largest absolute Gasteiger partial charge is 0.368 e. The molecule has 1 aliphatic rings. The number of benzene rings is 1. The predicted molar refractivity (Wildman–Crippen MR) is 110 cm³/mol. The average Bonchev–Trinajstić information content (AvgIpc) is 2.52. The summed E-state index contributed by atoms with van der Waals surface area (Å²) in [5.74, 6) is -0.00256. The SMILES string of the molecule is Br.CC(C)S(=O)(=O)c1ccc(CON2C(N)=NC(N)=NC2(C)C)cc1[N+](=O)[O-]. The van der Waals surface area contributed by atoms with Gasteiger partial charge >= 0.3 is 0 Å². The van der Waals surface area contributed by atoms with Crippen molar-refractivity contribution in [3.63, 3.8) is 0 Å². The topological polar surface area (TPSA) is 167 Å². The standard InChI is InChI=1S/C15H22N6O5S.BrH/c1-9(2)27(24,25)12-6-5-10(7-11(12)21(22)23)8-26-20-14(17)18-13(16)19-15(20,3)4;/h5-7,9H,8H2,1-4H3,(H4,16,17,18,19);1H. The first-order valence-corrected chi connectivity index (χ1v) is 9.54. The summed E-state index contributed by atoms with van der Waals surface area (Å²) in [6, 6.07) is 3.82. The Labute approximate surface area is 173 Å². The minimum atomic E-state index is -3.80. The molecule has 0 aliphatic carbocycles. The normalized spacial score (nSPS) is 16.2. The maximum absolute atomic E-state index is 12.3. The Morgan fingerprint density at radius 2 is 1.93 bits per heavy atom. The molecule has 0 aromatic heterocycles. The summed E-state index contributed by atoms with van der Waals surface area (Å²) in [7, 11) is -3.80. The quantitative estimate of drug-likeness (QED) is 0.457. The molecule has 0 saturated heterocycles. The van der Waals surface area contributed by atoms with Gasteiger partial charge in [0.05, 0.1) is 10.2 Å². The predicted octanol–water partition coefficient (Wildman–Crippen LogP) is 1.47. The van der Waals surface area contributed by atoms with Crippen molar-refractivity contribution in [2.75, 3.05) is 0 Å². The lowest BCUT2D eigenvalue weighted by molar-refractivity contribution is -0.387. The highest BCUT2D eigenvalue weighted by Gasteiger charge is 2.33. The Morgan fingerprint density at radius 1 is 1.32 bits per heavy atom. The molecule has 2 rings (SSSR count). The van der Waals surface area contributed by atoms with Gasteiger partial charge < -0.3 is 11.5 Å². The highest BCUT2D eigenvalue weighted by Crippen LogP contribution is 2.29. The van der Waals surface area contributed by atoms with Crippen molar-refractivity contribution >= 4 is 44.4 Å². The van der Waals surface area contributed by atoms with Crippen LogP contribution in [0.15, 0.2) is 33.1 Å². The minimum absolute atomic E-state index is 0. The summed E-state index contributed by atoms with van der Waals surface area (Å²) in [5, 5.41) is 11.8. The van der Waals surface area contributed by atoms with Crippen LogP contribution in [0.2, 0.25) is 0 Å². The molecule has 0 spiro atoms. The van der Waals surface area contributed by atoms with Gasteiger partial charge in [-0.2, -0.15) is 10.1 Å². The number of nitro groups is 1. The first-order chi connectivity index (χ1) is 12.4. The number of halogens is 1. The molecule has 13 heteroatoms. The van der Waals surface area contributed by atoms with Gasteiger partial charge in [0.25, 0.3) is 5.69 Å². The molecule has 0 radical (unpaired) electrons. The second-order valence-electron chi connectivity index (χ2n) is 6.66. The number of sulfone groups is 1. The summed E-state index contributed by atoms with van der Waals surface area (Å²) in [4.78, 5) is 23.8. The van der Waals surface area contributed by atoms with Crippen LogP contribution in [0.5, 0.6) is 0 Å². The number of hydrogen-bond acceptors (Lipinski definition) is 10. The second kappa shape index (κ2) is 8.41. The lowest BCUT2D eigenvalue weighted by Gasteiger charge is -2.36. The van der Waals surface area contributed by atoms with Gasteiger partial charge in [-0.1, -0.05) is 6.07 Å². The van der Waals surface area contributed by atoms with E-state index in [2.05, 4.69) is 9.98 Å². The van der Waals surface area contributed by atoms with Crippen molar-refractivity contribution in [2.24, 2.45) is 21.5 Å². The third-order valence-electron chi connectivity index (χ3n) is 3.83. The van der Waals surface area contributed by atoms with E-state index in [1.165, 1.54) is 31.0 Å². The molecule has 156 valence electrons. The Bertz CT molecular complexity index is 929. The average molecular weight is 479 g/mol. The highest BCUT2D eigenvalue weighted by molar-refractivity contribution is 8.93. The fourth-order valence-corrected chi connectivity index (χ4v) is 3.64. The number of nitrogens with zero attached hydrogens (tertiary/aromatic N) is 4. The lowest BCUT2D eigenvalue weighted by atomic mass is 10.2. The van der Waals surface area contributed by atoms with Crippen LogP contribution in [0.3, 0.4) is 0 Å². The smallest absolute Gasteiger partial charge is 0.288 e. The van der Waals surface area contributed by atoms with Gasteiger partial charge in [0.2, 0.25) is 11.9 Å². The molecule has 1 heterocycles. The Morgan fingerprint density at radius 3 is 2.43 bits per heavy atom. The fraction of sp³-hybridized carbons (Fsp3) is 0.467. The zero-order valence-corrected chi connectivity index (χ0v) is 18.3. The zero-order valence-electron chi connectivity index (χ0n) is 15.8. The van der Waals surface area contributed by atoms with E-state index >= 15 is 0 Å². The Hall–Kier alpha value is -2.25. The van der Waals surface area contributed by atoms with Crippen LogP contribution in [0.4, 0.5) is 5.69 Å². The van der Waals surface area contributed by atoms with Crippen LogP contribution in [0.25, 0.3) is 0 Å². The van der Waals surface area contributed by atoms with Crippen LogP contribution in [-0.4, -0.2) is 41.2 Å². The summed E-state index contributed by atoms with van der Waals surface area (Å²) in [5.41, 5.74) is 10.3. The third-order valence-corrected chi connectivity index (χ3v) is 6.03. The van der Waals surface area contributed by atoms with E-state index in [0.717, 1.165) is 6.07 Å². The molecular formula is C15H23BrN6O5S.